The van der Waals surface area contributed by atoms with E-state index in [1.165, 1.54) is 13.8 Å². The van der Waals surface area contributed by atoms with Crippen LogP contribution in [-0.2, 0) is 40.5 Å². The van der Waals surface area contributed by atoms with Gasteiger partial charge >= 0.3 is 13.4 Å². The maximum Gasteiger partial charge on any atom is 1.00 e. The molecule has 4 heteroatoms. The van der Waals surface area contributed by atoms with Crippen LogP contribution < -0.4 is 0 Å². The first-order valence-corrected chi connectivity index (χ1v) is 1.82. The van der Waals surface area contributed by atoms with Crippen molar-refractivity contribution in [2.24, 2.45) is 0 Å². The largest absolute Gasteiger partial charge is 1.00 e. The predicted octanol–water partition coefficient (Wildman–Crippen LogP) is 0.206. The molecule has 44 valence electrons. The van der Waals surface area contributed by atoms with Gasteiger partial charge in [0.25, 0.3) is 0 Å². The van der Waals surface area contributed by atoms with E-state index in [1.54, 1.807) is 0 Å². The molecule has 0 unspecified atom stereocenters. The molecule has 0 spiro atoms. The molecule has 0 saturated heterocycles. The molecule has 0 saturated carbocycles. The van der Waals surface area contributed by atoms with Gasteiger partial charge in [-0.3, -0.25) is 9.59 Å². The zero-order chi connectivity index (χ0) is 5.86. The zero-order valence-electron chi connectivity index (χ0n) is 5.72. The molecule has 0 bridgehead atoms. The van der Waals surface area contributed by atoms with Crippen LogP contribution in [0.1, 0.15) is 15.3 Å². The van der Waals surface area contributed by atoms with Crippen LogP contribution in [0.5, 0.6) is 0 Å². The van der Waals surface area contributed by atoms with Crippen LogP contribution in [0.2, 0.25) is 0 Å². The molecule has 0 aromatic carbocycles. The number of rotatable bonds is 0. The van der Waals surface area contributed by atoms with Crippen LogP contribution in [0.3, 0.4) is 0 Å². The summed E-state index contributed by atoms with van der Waals surface area (Å²) in [5.74, 6) is -1.12. The summed E-state index contributed by atoms with van der Waals surface area (Å²) in [6.07, 6.45) is 0. The van der Waals surface area contributed by atoms with E-state index in [9.17, 15) is 9.59 Å². The van der Waals surface area contributed by atoms with Crippen molar-refractivity contribution in [3.8, 4) is 0 Å². The van der Waals surface area contributed by atoms with Crippen molar-refractivity contribution in [3.63, 3.8) is 0 Å². The van der Waals surface area contributed by atoms with Crippen molar-refractivity contribution in [1.82, 2.24) is 0 Å². The fourth-order valence-corrected chi connectivity index (χ4v) is 0.202. The summed E-state index contributed by atoms with van der Waals surface area (Å²) in [6.45, 7) is 2.36. The smallest absolute Gasteiger partial charge is 0.394 e. The zero-order valence-corrected chi connectivity index (χ0v) is 7.18. The van der Waals surface area contributed by atoms with Crippen molar-refractivity contribution in [2.45, 2.75) is 13.8 Å². The van der Waals surface area contributed by atoms with Crippen LogP contribution in [0, 0.1) is 0 Å². The SMILES string of the molecule is CC(=O)OC(C)=O.[H+].[Zr]. The van der Waals surface area contributed by atoms with Gasteiger partial charge in [-0.25, -0.2) is 0 Å². The number of hydrogen-bond donors (Lipinski definition) is 0. The van der Waals surface area contributed by atoms with E-state index in [1.807, 2.05) is 0 Å². The summed E-state index contributed by atoms with van der Waals surface area (Å²) in [5.41, 5.74) is 0. The van der Waals surface area contributed by atoms with Crippen LogP contribution in [0.4, 0.5) is 0 Å². The van der Waals surface area contributed by atoms with E-state index in [2.05, 4.69) is 4.74 Å². The van der Waals surface area contributed by atoms with E-state index in [0.29, 0.717) is 0 Å². The first-order chi connectivity index (χ1) is 3.13. The molecule has 0 aromatic rings. The van der Waals surface area contributed by atoms with Crippen molar-refractivity contribution >= 4 is 11.9 Å². The minimum absolute atomic E-state index is 0. The van der Waals surface area contributed by atoms with Crippen LogP contribution in [-0.4, -0.2) is 11.9 Å². The van der Waals surface area contributed by atoms with Gasteiger partial charge in [0, 0.05) is 40.1 Å². The van der Waals surface area contributed by atoms with Gasteiger partial charge in [0.05, 0.1) is 0 Å². The minimum atomic E-state index is -0.562. The Labute approximate surface area is 68.0 Å². The Morgan fingerprint density at radius 2 is 1.50 bits per heavy atom. The first-order valence-electron chi connectivity index (χ1n) is 1.82. The van der Waals surface area contributed by atoms with Gasteiger partial charge in [-0.05, 0) is 0 Å². The summed E-state index contributed by atoms with van der Waals surface area (Å²) in [7, 11) is 0. The molecular weight excluding hydrogens is 187 g/mol. The number of carbonyl (C=O) groups excluding carboxylic acids is 2. The molecule has 0 atom stereocenters. The Morgan fingerprint density at radius 3 is 1.50 bits per heavy atom. The Balaban J connectivity index is -0.000000180. The van der Waals surface area contributed by atoms with Crippen molar-refractivity contribution in [1.29, 1.82) is 0 Å². The normalized spacial score (nSPS) is 6.75. The van der Waals surface area contributed by atoms with Gasteiger partial charge in [0.2, 0.25) is 0 Å². The minimum Gasteiger partial charge on any atom is -0.394 e. The molecule has 0 fully saturated rings. The topological polar surface area (TPSA) is 43.4 Å². The monoisotopic (exact) mass is 193 g/mol. The molecule has 0 aliphatic rings. The average Bonchev–Trinajstić information content (AvgIpc) is 1.27. The third-order valence-corrected chi connectivity index (χ3v) is 0.287. The third-order valence-electron chi connectivity index (χ3n) is 0.287. The van der Waals surface area contributed by atoms with E-state index in [4.69, 9.17) is 0 Å². The second kappa shape index (κ2) is 5.17. The van der Waals surface area contributed by atoms with E-state index in [-0.39, 0.29) is 27.6 Å². The Morgan fingerprint density at radius 1 is 1.25 bits per heavy atom. The molecule has 0 rings (SSSR count). The van der Waals surface area contributed by atoms with Crippen molar-refractivity contribution < 1.29 is 42.0 Å². The Hall–Kier alpha value is 0.0231. The molecule has 0 radical (unpaired) electrons. The van der Waals surface area contributed by atoms with E-state index in [0.717, 1.165) is 0 Å². The van der Waals surface area contributed by atoms with Crippen molar-refractivity contribution in [3.05, 3.63) is 0 Å². The standard InChI is InChI=1S/C4H6O3.Zr/c1-3(5)7-4(2)6;/h1-2H3;/p+1. The van der Waals surface area contributed by atoms with E-state index < -0.39 is 11.9 Å². The number of carbonyl (C=O) groups is 2. The average molecular weight is 194 g/mol. The second-order valence-corrected chi connectivity index (χ2v) is 1.09. The van der Waals surface area contributed by atoms with Gasteiger partial charge in [-0.15, -0.1) is 0 Å². The Bertz CT molecular complexity index is 92.0. The van der Waals surface area contributed by atoms with Gasteiger partial charge < -0.3 is 4.74 Å². The number of esters is 2. The first kappa shape index (κ1) is 10.9. The number of hydrogen-bond acceptors (Lipinski definition) is 3. The van der Waals surface area contributed by atoms with Crippen LogP contribution in [0.25, 0.3) is 0 Å². The molecule has 0 amide bonds. The summed E-state index contributed by atoms with van der Waals surface area (Å²) in [5, 5.41) is 0. The molecule has 0 aliphatic carbocycles. The molecule has 8 heavy (non-hydrogen) atoms. The van der Waals surface area contributed by atoms with Gasteiger partial charge in [-0.2, -0.15) is 0 Å². The fourth-order valence-electron chi connectivity index (χ4n) is 0.202. The summed E-state index contributed by atoms with van der Waals surface area (Å²) in [6, 6.07) is 0. The van der Waals surface area contributed by atoms with Crippen LogP contribution in [0.15, 0.2) is 0 Å². The van der Waals surface area contributed by atoms with Gasteiger partial charge in [-0.1, -0.05) is 0 Å². The Kier molecular flexibility index (Phi) is 7.04. The summed E-state index contributed by atoms with van der Waals surface area (Å²) in [4.78, 5) is 19.6. The molecular formula is C4H7O3Zr+. The summed E-state index contributed by atoms with van der Waals surface area (Å²) >= 11 is 0. The fraction of sp³-hybridized carbons (Fsp3) is 0.500. The molecule has 0 aromatic heterocycles. The quantitative estimate of drug-likeness (QED) is 0.409. The van der Waals surface area contributed by atoms with Crippen molar-refractivity contribution in [2.75, 3.05) is 0 Å². The van der Waals surface area contributed by atoms with Crippen LogP contribution >= 0.6 is 0 Å². The maximum absolute atomic E-state index is 9.81. The third kappa shape index (κ3) is 9.39. The molecule has 0 N–H and O–H groups in total. The molecule has 3 nitrogen and oxygen atoms in total. The maximum atomic E-state index is 9.81. The van der Waals surface area contributed by atoms with E-state index >= 15 is 0 Å². The second-order valence-electron chi connectivity index (χ2n) is 1.09. The van der Waals surface area contributed by atoms with Gasteiger partial charge in [0.1, 0.15) is 0 Å². The molecule has 0 aliphatic heterocycles. The number of ether oxygens (including phenoxy) is 1. The van der Waals surface area contributed by atoms with Gasteiger partial charge in [0.15, 0.2) is 0 Å². The predicted molar refractivity (Wildman–Crippen MR) is 23.6 cm³/mol. The molecule has 0 heterocycles. The summed E-state index contributed by atoms with van der Waals surface area (Å²) < 4.78 is 3.97.